The third-order valence-electron chi connectivity index (χ3n) is 3.45. The van der Waals surface area contributed by atoms with E-state index in [0.29, 0.717) is 16.8 Å². The lowest BCUT2D eigenvalue weighted by atomic mass is 10.1. The number of anilines is 1. The first kappa shape index (κ1) is 15.2. The second-order valence-corrected chi connectivity index (χ2v) is 6.85. The van der Waals surface area contributed by atoms with E-state index in [4.69, 9.17) is 0 Å². The van der Waals surface area contributed by atoms with Gasteiger partial charge in [-0.2, -0.15) is 0 Å². The van der Waals surface area contributed by atoms with Crippen LogP contribution in [0.15, 0.2) is 59.3 Å². The van der Waals surface area contributed by atoms with E-state index in [1.165, 1.54) is 30.3 Å². The highest BCUT2D eigenvalue weighted by atomic mass is 32.2. The van der Waals surface area contributed by atoms with Crippen molar-refractivity contribution in [3.8, 4) is 0 Å². The number of nitrogens with one attached hydrogen (secondary N) is 1. The van der Waals surface area contributed by atoms with Crippen LogP contribution in [0.3, 0.4) is 0 Å². The second-order valence-electron chi connectivity index (χ2n) is 5.04. The fourth-order valence-corrected chi connectivity index (χ4v) is 3.47. The molecular formula is C17H12FNO3S. The van der Waals surface area contributed by atoms with Crippen molar-refractivity contribution >= 4 is 33.1 Å². The summed E-state index contributed by atoms with van der Waals surface area (Å²) in [5, 5.41) is 3.69. The summed E-state index contributed by atoms with van der Waals surface area (Å²) in [6.07, 6.45) is 1.50. The molecule has 2 aromatic carbocycles. The van der Waals surface area contributed by atoms with Gasteiger partial charge < -0.3 is 5.32 Å². The third-order valence-corrected chi connectivity index (χ3v) is 4.91. The average Bonchev–Trinajstić information content (AvgIpc) is 2.82. The standard InChI is InChI=1S/C17H12FNO3S/c1-11(13-3-2-4-14(18)9-13)17(20)19-15-6-5-12-7-8-23(21,22)16(12)10-15/h2-10H,1H2,(H,19,20). The van der Waals surface area contributed by atoms with Crippen molar-refractivity contribution in [3.63, 3.8) is 0 Å². The number of fused-ring (bicyclic) bond motifs is 1. The van der Waals surface area contributed by atoms with Crippen molar-refractivity contribution < 1.29 is 17.6 Å². The van der Waals surface area contributed by atoms with Crippen molar-refractivity contribution in [3.05, 3.63) is 71.4 Å². The number of sulfone groups is 1. The number of amides is 1. The number of hydrogen-bond donors (Lipinski definition) is 1. The van der Waals surface area contributed by atoms with E-state index in [0.717, 1.165) is 5.41 Å². The second kappa shape index (κ2) is 5.48. The van der Waals surface area contributed by atoms with Gasteiger partial charge >= 0.3 is 0 Å². The van der Waals surface area contributed by atoms with Gasteiger partial charge in [-0.3, -0.25) is 4.79 Å². The molecular weight excluding hydrogens is 317 g/mol. The van der Waals surface area contributed by atoms with Gasteiger partial charge in [-0.05, 0) is 41.5 Å². The fraction of sp³-hybridized carbons (Fsp3) is 0. The highest BCUT2D eigenvalue weighted by Crippen LogP contribution is 2.29. The maximum Gasteiger partial charge on any atom is 0.255 e. The van der Waals surface area contributed by atoms with Crippen molar-refractivity contribution in [2.75, 3.05) is 5.32 Å². The molecule has 3 rings (SSSR count). The SMILES string of the molecule is C=C(C(=O)Nc1ccc2c(c1)S(=O)(=O)C=C2)c1cccc(F)c1. The molecule has 6 heteroatoms. The molecule has 0 bridgehead atoms. The van der Waals surface area contributed by atoms with Gasteiger partial charge in [-0.25, -0.2) is 12.8 Å². The molecule has 2 aromatic rings. The number of hydrogen-bond acceptors (Lipinski definition) is 3. The number of benzene rings is 2. The van der Waals surface area contributed by atoms with Crippen molar-refractivity contribution in [1.29, 1.82) is 0 Å². The first-order valence-corrected chi connectivity index (χ1v) is 8.25. The molecule has 0 aliphatic carbocycles. The predicted octanol–water partition coefficient (Wildman–Crippen LogP) is 3.24. The van der Waals surface area contributed by atoms with E-state index >= 15 is 0 Å². The lowest BCUT2D eigenvalue weighted by Crippen LogP contribution is -2.13. The van der Waals surface area contributed by atoms with E-state index in [9.17, 15) is 17.6 Å². The monoisotopic (exact) mass is 329 g/mol. The molecule has 1 amide bonds. The fourth-order valence-electron chi connectivity index (χ4n) is 2.25. The van der Waals surface area contributed by atoms with Crippen molar-refractivity contribution in [1.82, 2.24) is 0 Å². The Labute approximate surface area is 132 Å². The average molecular weight is 329 g/mol. The summed E-state index contributed by atoms with van der Waals surface area (Å²) < 4.78 is 36.9. The molecule has 0 fully saturated rings. The predicted molar refractivity (Wildman–Crippen MR) is 86.7 cm³/mol. The molecule has 0 atom stereocenters. The number of carbonyl (C=O) groups excluding carboxylic acids is 1. The Morgan fingerprint density at radius 1 is 1.13 bits per heavy atom. The van der Waals surface area contributed by atoms with Crippen LogP contribution in [0.5, 0.6) is 0 Å². The first-order valence-electron chi connectivity index (χ1n) is 6.70. The van der Waals surface area contributed by atoms with Crippen molar-refractivity contribution in [2.24, 2.45) is 0 Å². The smallest absolute Gasteiger partial charge is 0.255 e. The highest BCUT2D eigenvalue weighted by Gasteiger charge is 2.21. The molecule has 0 saturated heterocycles. The highest BCUT2D eigenvalue weighted by molar-refractivity contribution is 7.94. The van der Waals surface area contributed by atoms with E-state index in [1.54, 1.807) is 18.2 Å². The van der Waals surface area contributed by atoms with Gasteiger partial charge in [0, 0.05) is 16.7 Å². The van der Waals surface area contributed by atoms with Gasteiger partial charge in [0.25, 0.3) is 5.91 Å². The Morgan fingerprint density at radius 3 is 2.65 bits per heavy atom. The molecule has 1 aliphatic rings. The van der Waals surface area contributed by atoms with E-state index < -0.39 is 21.6 Å². The minimum Gasteiger partial charge on any atom is -0.322 e. The van der Waals surface area contributed by atoms with Crippen LogP contribution in [0.4, 0.5) is 10.1 Å². The molecule has 0 unspecified atom stereocenters. The lowest BCUT2D eigenvalue weighted by Gasteiger charge is -2.09. The third kappa shape index (κ3) is 2.93. The quantitative estimate of drug-likeness (QED) is 0.879. The molecule has 0 aromatic heterocycles. The first-order chi connectivity index (χ1) is 10.9. The summed E-state index contributed by atoms with van der Waals surface area (Å²) in [4.78, 5) is 12.3. The van der Waals surface area contributed by atoms with Crippen LogP contribution >= 0.6 is 0 Å². The number of carbonyl (C=O) groups is 1. The Kier molecular flexibility index (Phi) is 3.61. The van der Waals surface area contributed by atoms with Gasteiger partial charge in [-0.15, -0.1) is 0 Å². The van der Waals surface area contributed by atoms with Crippen LogP contribution in [0, 0.1) is 5.82 Å². The number of halogens is 1. The summed E-state index contributed by atoms with van der Waals surface area (Å²) in [6.45, 7) is 3.65. The van der Waals surface area contributed by atoms with E-state index in [-0.39, 0.29) is 10.5 Å². The lowest BCUT2D eigenvalue weighted by molar-refractivity contribution is -0.111. The Morgan fingerprint density at radius 2 is 1.91 bits per heavy atom. The van der Waals surface area contributed by atoms with Gasteiger partial charge in [0.1, 0.15) is 5.82 Å². The summed E-state index contributed by atoms with van der Waals surface area (Å²) in [5.74, 6) is -0.995. The largest absolute Gasteiger partial charge is 0.322 e. The number of rotatable bonds is 3. The Hall–Kier alpha value is -2.73. The van der Waals surface area contributed by atoms with Gasteiger partial charge in [0.2, 0.25) is 9.84 Å². The van der Waals surface area contributed by atoms with Crippen LogP contribution in [0.1, 0.15) is 11.1 Å². The molecule has 116 valence electrons. The summed E-state index contributed by atoms with van der Waals surface area (Å²) in [6, 6.07) is 10.1. The zero-order valence-electron chi connectivity index (χ0n) is 11.9. The summed E-state index contributed by atoms with van der Waals surface area (Å²) in [5.41, 5.74) is 1.36. The minimum absolute atomic E-state index is 0.0889. The molecule has 0 radical (unpaired) electrons. The summed E-state index contributed by atoms with van der Waals surface area (Å²) >= 11 is 0. The van der Waals surface area contributed by atoms with E-state index in [2.05, 4.69) is 11.9 Å². The van der Waals surface area contributed by atoms with E-state index in [1.807, 2.05) is 0 Å². The molecule has 23 heavy (non-hydrogen) atoms. The van der Waals surface area contributed by atoms with Crippen LogP contribution in [-0.4, -0.2) is 14.3 Å². The van der Waals surface area contributed by atoms with Crippen LogP contribution < -0.4 is 5.32 Å². The molecule has 1 N–H and O–H groups in total. The molecule has 1 aliphatic heterocycles. The maximum absolute atomic E-state index is 13.2. The van der Waals surface area contributed by atoms with Gasteiger partial charge in [0.05, 0.1) is 4.90 Å². The molecule has 4 nitrogen and oxygen atoms in total. The maximum atomic E-state index is 13.2. The molecule has 0 saturated carbocycles. The Bertz CT molecular complexity index is 962. The Balaban J connectivity index is 1.83. The zero-order valence-corrected chi connectivity index (χ0v) is 12.7. The van der Waals surface area contributed by atoms with Crippen LogP contribution in [-0.2, 0) is 14.6 Å². The summed E-state index contributed by atoms with van der Waals surface area (Å²) in [7, 11) is -3.45. The van der Waals surface area contributed by atoms with Crippen LogP contribution in [0.25, 0.3) is 11.6 Å². The van der Waals surface area contributed by atoms with Gasteiger partial charge in [0.15, 0.2) is 0 Å². The zero-order chi connectivity index (χ0) is 16.6. The van der Waals surface area contributed by atoms with Crippen molar-refractivity contribution in [2.45, 2.75) is 4.90 Å². The minimum atomic E-state index is -3.45. The normalized spacial score (nSPS) is 14.3. The van der Waals surface area contributed by atoms with Crippen LogP contribution in [0.2, 0.25) is 0 Å². The van der Waals surface area contributed by atoms with Gasteiger partial charge in [-0.1, -0.05) is 24.8 Å². The topological polar surface area (TPSA) is 63.2 Å². The molecule has 0 spiro atoms. The molecule has 1 heterocycles.